The molecule has 7 heteroatoms. The molecule has 0 aliphatic rings. The van der Waals surface area contributed by atoms with Crippen molar-refractivity contribution in [2.24, 2.45) is 0 Å². The number of rotatable bonds is 7. The highest BCUT2D eigenvalue weighted by molar-refractivity contribution is 9.10. The zero-order valence-corrected chi connectivity index (χ0v) is 15.5. The van der Waals surface area contributed by atoms with E-state index in [-0.39, 0.29) is 18.1 Å². The van der Waals surface area contributed by atoms with E-state index in [9.17, 15) is 9.18 Å². The molecule has 2 N–H and O–H groups in total. The summed E-state index contributed by atoms with van der Waals surface area (Å²) in [6.07, 6.45) is 0. The van der Waals surface area contributed by atoms with E-state index in [1.807, 2.05) is 7.05 Å². The molecule has 0 saturated heterocycles. The topological polar surface area (TPSA) is 42.8 Å². The van der Waals surface area contributed by atoms with Crippen LogP contribution in [0.5, 0.6) is 5.75 Å². The van der Waals surface area contributed by atoms with E-state index in [4.69, 9.17) is 16.3 Å². The zero-order valence-electron chi connectivity index (χ0n) is 13.1. The maximum atomic E-state index is 13.7. The quantitative estimate of drug-likeness (QED) is 0.729. The Morgan fingerprint density at radius 3 is 2.67 bits per heavy atom. The fourth-order valence-corrected chi connectivity index (χ4v) is 2.48. The molecule has 0 aliphatic carbocycles. The van der Waals surface area contributed by atoms with Crippen molar-refractivity contribution < 1.29 is 18.8 Å². The fraction of sp³-hybridized carbons (Fsp3) is 0.235. The minimum atomic E-state index is -0.471. The normalized spacial score (nSPS) is 11.8. The highest BCUT2D eigenvalue weighted by atomic mass is 79.9. The molecule has 2 aromatic rings. The van der Waals surface area contributed by atoms with Gasteiger partial charge in [0.05, 0.1) is 12.7 Å². The highest BCUT2D eigenvalue weighted by Crippen LogP contribution is 2.19. The van der Waals surface area contributed by atoms with Crippen LogP contribution in [-0.4, -0.2) is 32.7 Å². The summed E-state index contributed by atoms with van der Waals surface area (Å²) in [5, 5.41) is 3.23. The van der Waals surface area contributed by atoms with Gasteiger partial charge in [0, 0.05) is 9.50 Å². The van der Waals surface area contributed by atoms with Crippen molar-refractivity contribution in [3.05, 3.63) is 57.8 Å². The minimum Gasteiger partial charge on any atom is -0.488 e. The summed E-state index contributed by atoms with van der Waals surface area (Å²) in [5.41, 5.74) is 0.174. The van der Waals surface area contributed by atoms with Gasteiger partial charge in [-0.1, -0.05) is 27.5 Å². The van der Waals surface area contributed by atoms with Gasteiger partial charge in [0.2, 0.25) is 0 Å². The number of carbonyl (C=O) groups is 1. The second-order valence-electron chi connectivity index (χ2n) is 5.36. The van der Waals surface area contributed by atoms with Crippen LogP contribution in [0.4, 0.5) is 10.1 Å². The summed E-state index contributed by atoms with van der Waals surface area (Å²) < 4.78 is 19.9. The maximum Gasteiger partial charge on any atom is 0.279 e. The van der Waals surface area contributed by atoms with Crippen molar-refractivity contribution in [1.82, 2.24) is 0 Å². The summed E-state index contributed by atoms with van der Waals surface area (Å²) >= 11 is 8.98. The Bertz CT molecular complexity index is 697. The predicted octanol–water partition coefficient (Wildman–Crippen LogP) is 2.77. The van der Waals surface area contributed by atoms with Crippen LogP contribution in [0.15, 0.2) is 46.9 Å². The summed E-state index contributed by atoms with van der Waals surface area (Å²) in [5.74, 6) is 0.00949. The molecule has 0 aliphatic heterocycles. The first-order valence-electron chi connectivity index (χ1n) is 7.38. The molecule has 128 valence electrons. The molecule has 0 radical (unpaired) electrons. The third-order valence-corrected chi connectivity index (χ3v) is 4.02. The number of nitrogens with one attached hydrogen (secondary N) is 2. The molecule has 0 fully saturated rings. The van der Waals surface area contributed by atoms with Crippen LogP contribution in [0.3, 0.4) is 0 Å². The molecule has 0 saturated carbocycles. The molecule has 1 atom stereocenters. The number of anilines is 1. The monoisotopic (exact) mass is 415 g/mol. The van der Waals surface area contributed by atoms with E-state index in [0.717, 1.165) is 10.6 Å². The van der Waals surface area contributed by atoms with Gasteiger partial charge < -0.3 is 15.0 Å². The third kappa shape index (κ3) is 6.11. The number of ether oxygens (including phenoxy) is 1. The summed E-state index contributed by atoms with van der Waals surface area (Å²) in [4.78, 5) is 12.9. The largest absolute Gasteiger partial charge is 0.488 e. The van der Waals surface area contributed by atoms with E-state index >= 15 is 0 Å². The SMILES string of the molecule is C[NH+](CCOc1ccc(Cl)cc1)CC(=O)Nc1ccc(Br)cc1F. The number of hydrogen-bond acceptors (Lipinski definition) is 2. The van der Waals surface area contributed by atoms with Crippen LogP contribution in [0, 0.1) is 5.82 Å². The van der Waals surface area contributed by atoms with Gasteiger partial charge in [0.1, 0.15) is 24.7 Å². The second kappa shape index (κ2) is 9.01. The number of likely N-dealkylation sites (N-methyl/N-ethyl adjacent to an activating group) is 1. The smallest absolute Gasteiger partial charge is 0.279 e. The van der Waals surface area contributed by atoms with Crippen molar-refractivity contribution in [3.63, 3.8) is 0 Å². The van der Waals surface area contributed by atoms with E-state index in [2.05, 4.69) is 21.2 Å². The number of benzene rings is 2. The van der Waals surface area contributed by atoms with Gasteiger partial charge >= 0.3 is 0 Å². The summed E-state index contributed by atoms with van der Waals surface area (Å²) in [6, 6.07) is 11.6. The number of amides is 1. The van der Waals surface area contributed by atoms with Crippen molar-refractivity contribution in [2.75, 3.05) is 32.1 Å². The molecule has 0 bridgehead atoms. The van der Waals surface area contributed by atoms with Gasteiger partial charge in [0.15, 0.2) is 6.54 Å². The lowest BCUT2D eigenvalue weighted by molar-refractivity contribution is -0.871. The van der Waals surface area contributed by atoms with Gasteiger partial charge in [-0.3, -0.25) is 4.79 Å². The molecular formula is C17H18BrClFN2O2+. The third-order valence-electron chi connectivity index (χ3n) is 3.28. The highest BCUT2D eigenvalue weighted by Gasteiger charge is 2.12. The molecule has 0 heterocycles. The van der Waals surface area contributed by atoms with Crippen LogP contribution in [-0.2, 0) is 4.79 Å². The van der Waals surface area contributed by atoms with E-state index in [1.165, 1.54) is 12.1 Å². The molecule has 24 heavy (non-hydrogen) atoms. The molecular weight excluding hydrogens is 399 g/mol. The number of hydrogen-bond donors (Lipinski definition) is 2. The molecule has 2 aromatic carbocycles. The molecule has 0 spiro atoms. The molecule has 0 aromatic heterocycles. The maximum absolute atomic E-state index is 13.7. The lowest BCUT2D eigenvalue weighted by Gasteiger charge is -2.14. The lowest BCUT2D eigenvalue weighted by Crippen LogP contribution is -3.10. The van der Waals surface area contributed by atoms with Gasteiger partial charge in [-0.25, -0.2) is 4.39 Å². The Balaban J connectivity index is 1.74. The van der Waals surface area contributed by atoms with Gasteiger partial charge in [-0.05, 0) is 42.5 Å². The Kier molecular flexibility index (Phi) is 7.02. The van der Waals surface area contributed by atoms with Crippen molar-refractivity contribution in [1.29, 1.82) is 0 Å². The van der Waals surface area contributed by atoms with Crippen molar-refractivity contribution in [3.8, 4) is 5.75 Å². The average Bonchev–Trinajstić information content (AvgIpc) is 2.52. The molecule has 2 rings (SSSR count). The van der Waals surface area contributed by atoms with E-state index in [1.54, 1.807) is 30.3 Å². The second-order valence-corrected chi connectivity index (χ2v) is 6.71. The van der Waals surface area contributed by atoms with Crippen molar-refractivity contribution >= 4 is 39.1 Å². The fourth-order valence-electron chi connectivity index (χ4n) is 2.02. The molecule has 1 amide bonds. The minimum absolute atomic E-state index is 0.174. The lowest BCUT2D eigenvalue weighted by atomic mass is 10.3. The zero-order chi connectivity index (χ0) is 17.5. The molecule has 4 nitrogen and oxygen atoms in total. The summed E-state index contributed by atoms with van der Waals surface area (Å²) in [6.45, 7) is 1.33. The van der Waals surface area contributed by atoms with Gasteiger partial charge in [-0.2, -0.15) is 0 Å². The first-order chi connectivity index (χ1) is 11.4. The standard InChI is InChI=1S/C17H17BrClFN2O2/c1-22(8-9-24-14-5-3-13(19)4-6-14)11-17(23)21-16-7-2-12(18)10-15(16)20/h2-7,10H,8-9,11H2,1H3,(H,21,23)/p+1. The number of carbonyl (C=O) groups excluding carboxylic acids is 1. The van der Waals surface area contributed by atoms with Crippen molar-refractivity contribution in [2.45, 2.75) is 0 Å². The average molecular weight is 417 g/mol. The van der Waals surface area contributed by atoms with Crippen LogP contribution < -0.4 is 15.0 Å². The number of quaternary nitrogens is 1. The van der Waals surface area contributed by atoms with E-state index < -0.39 is 5.82 Å². The van der Waals surface area contributed by atoms with E-state index in [0.29, 0.717) is 22.6 Å². The summed E-state index contributed by atoms with van der Waals surface area (Å²) in [7, 11) is 1.88. The Labute approximate surface area is 153 Å². The van der Waals surface area contributed by atoms with Crippen LogP contribution in [0.2, 0.25) is 5.02 Å². The Morgan fingerprint density at radius 1 is 1.29 bits per heavy atom. The van der Waals surface area contributed by atoms with Gasteiger partial charge in [0.25, 0.3) is 5.91 Å². The van der Waals surface area contributed by atoms with Crippen LogP contribution in [0.25, 0.3) is 0 Å². The van der Waals surface area contributed by atoms with Crippen LogP contribution >= 0.6 is 27.5 Å². The number of halogens is 3. The first-order valence-corrected chi connectivity index (χ1v) is 8.55. The first kappa shape index (κ1) is 18.7. The van der Waals surface area contributed by atoms with Crippen LogP contribution in [0.1, 0.15) is 0 Å². The predicted molar refractivity (Wildman–Crippen MR) is 96.3 cm³/mol. The Morgan fingerprint density at radius 2 is 2.00 bits per heavy atom. The van der Waals surface area contributed by atoms with Gasteiger partial charge in [-0.15, -0.1) is 0 Å². The Hall–Kier alpha value is -1.63. The molecule has 1 unspecified atom stereocenters.